The van der Waals surface area contributed by atoms with Crippen molar-refractivity contribution >= 4 is 11.9 Å². The average Bonchev–Trinajstić information content (AvgIpc) is 3.40. The van der Waals surface area contributed by atoms with E-state index in [0.29, 0.717) is 18.3 Å². The molecular formula is C71H133NO3. The second kappa shape index (κ2) is 61.3. The summed E-state index contributed by atoms with van der Waals surface area (Å²) in [7, 11) is 0. The Hall–Kier alpha value is -1.94. The zero-order valence-corrected chi connectivity index (χ0v) is 51.7. The number of unbranched alkanes of at least 4 members (excludes halogenated alkanes) is 48. The summed E-state index contributed by atoms with van der Waals surface area (Å²) in [5.74, 6) is 7.11. The average molecular weight is 1050 g/mol. The van der Waals surface area contributed by atoms with Gasteiger partial charge in [-0.15, -0.1) is 0 Å². The number of carboxylic acid groups (broad SMARTS) is 1. The molecule has 440 valence electrons. The van der Waals surface area contributed by atoms with E-state index in [9.17, 15) is 9.90 Å². The molecule has 0 radical (unpaired) electrons. The molecule has 3 unspecified atom stereocenters. The van der Waals surface area contributed by atoms with E-state index in [1.165, 1.54) is 295 Å². The SMILES string of the molecule is CCCCCCCCCCCCCCC#CN(C#CCCCCCCCCCCCCCC)C(=O)C(CCCCCCC(=O)O)C(CCCCCCCCCCCCCCC)C(C)CCCCCCCCCCCC. The number of aliphatic carboxylic acids is 1. The molecule has 0 spiro atoms. The Morgan fingerprint density at radius 3 is 0.893 bits per heavy atom. The van der Waals surface area contributed by atoms with Gasteiger partial charge in [-0.2, -0.15) is 4.90 Å². The van der Waals surface area contributed by atoms with E-state index in [0.717, 1.165) is 57.8 Å². The molecule has 3 atom stereocenters. The van der Waals surface area contributed by atoms with Gasteiger partial charge in [0.15, 0.2) is 0 Å². The van der Waals surface area contributed by atoms with Crippen LogP contribution in [0.15, 0.2) is 0 Å². The normalized spacial score (nSPS) is 12.5. The van der Waals surface area contributed by atoms with Gasteiger partial charge in [-0.1, -0.05) is 361 Å². The van der Waals surface area contributed by atoms with Gasteiger partial charge in [-0.25, -0.2) is 0 Å². The predicted molar refractivity (Wildman–Crippen MR) is 332 cm³/mol. The third kappa shape index (κ3) is 52.5. The molecule has 0 heterocycles. The summed E-state index contributed by atoms with van der Waals surface area (Å²) in [5, 5.41) is 9.34. The summed E-state index contributed by atoms with van der Waals surface area (Å²) < 4.78 is 0. The Bertz CT molecular complexity index is 1260. The zero-order chi connectivity index (χ0) is 54.6. The van der Waals surface area contributed by atoms with Gasteiger partial charge in [0, 0.05) is 37.3 Å². The van der Waals surface area contributed by atoms with Crippen molar-refractivity contribution in [1.82, 2.24) is 4.90 Å². The molecule has 0 saturated heterocycles. The highest BCUT2D eigenvalue weighted by Crippen LogP contribution is 2.35. The molecule has 0 aromatic heterocycles. The van der Waals surface area contributed by atoms with Crippen molar-refractivity contribution in [3.63, 3.8) is 0 Å². The lowest BCUT2D eigenvalue weighted by atomic mass is 9.74. The Kier molecular flexibility index (Phi) is 59.7. The highest BCUT2D eigenvalue weighted by atomic mass is 16.4. The number of rotatable bonds is 59. The first-order valence-corrected chi connectivity index (χ1v) is 34.4. The van der Waals surface area contributed by atoms with Gasteiger partial charge >= 0.3 is 5.97 Å². The van der Waals surface area contributed by atoms with E-state index < -0.39 is 5.97 Å². The number of nitrogens with zero attached hydrogens (tertiary/aromatic N) is 1. The van der Waals surface area contributed by atoms with Gasteiger partial charge in [0.1, 0.15) is 0 Å². The van der Waals surface area contributed by atoms with Crippen molar-refractivity contribution in [2.24, 2.45) is 17.8 Å². The molecular weight excluding hydrogens is 915 g/mol. The van der Waals surface area contributed by atoms with E-state index >= 15 is 4.79 Å². The third-order valence-electron chi connectivity index (χ3n) is 16.8. The summed E-state index contributed by atoms with van der Waals surface area (Å²) in [4.78, 5) is 28.3. The number of carbonyl (C=O) groups is 2. The van der Waals surface area contributed by atoms with E-state index in [-0.39, 0.29) is 18.2 Å². The molecule has 1 amide bonds. The van der Waals surface area contributed by atoms with Crippen molar-refractivity contribution in [2.75, 3.05) is 0 Å². The Balaban J connectivity index is 6.05. The molecule has 0 aliphatic carbocycles. The van der Waals surface area contributed by atoms with E-state index in [2.05, 4.69) is 58.5 Å². The number of amides is 1. The van der Waals surface area contributed by atoms with Crippen LogP contribution in [0, 0.1) is 41.7 Å². The van der Waals surface area contributed by atoms with Crippen LogP contribution < -0.4 is 0 Å². The van der Waals surface area contributed by atoms with Gasteiger partial charge in [-0.3, -0.25) is 9.59 Å². The van der Waals surface area contributed by atoms with Crippen LogP contribution in [0.1, 0.15) is 401 Å². The topological polar surface area (TPSA) is 57.6 Å². The van der Waals surface area contributed by atoms with Crippen LogP contribution in [0.4, 0.5) is 0 Å². The highest BCUT2D eigenvalue weighted by molar-refractivity contribution is 5.82. The maximum Gasteiger partial charge on any atom is 0.303 e. The molecule has 0 saturated carbocycles. The second-order valence-corrected chi connectivity index (χ2v) is 24.1. The van der Waals surface area contributed by atoms with Crippen LogP contribution in [0.5, 0.6) is 0 Å². The molecule has 0 bridgehead atoms. The minimum absolute atomic E-state index is 0.0955. The van der Waals surface area contributed by atoms with Crippen LogP contribution in [-0.4, -0.2) is 21.9 Å². The summed E-state index contributed by atoms with van der Waals surface area (Å²) in [5.41, 5.74) is 0. The lowest BCUT2D eigenvalue weighted by Gasteiger charge is -2.32. The third-order valence-corrected chi connectivity index (χ3v) is 16.8. The summed E-state index contributed by atoms with van der Waals surface area (Å²) in [6.45, 7) is 11.7. The monoisotopic (exact) mass is 1050 g/mol. The minimum Gasteiger partial charge on any atom is -0.481 e. The molecule has 0 aromatic carbocycles. The van der Waals surface area contributed by atoms with Crippen LogP contribution >= 0.6 is 0 Å². The number of hydrogen-bond acceptors (Lipinski definition) is 2. The van der Waals surface area contributed by atoms with Crippen molar-refractivity contribution in [3.8, 4) is 23.9 Å². The molecule has 0 aliphatic heterocycles. The summed E-state index contributed by atoms with van der Waals surface area (Å²) >= 11 is 0. The fraction of sp³-hybridized carbons (Fsp3) is 0.915. The Morgan fingerprint density at radius 1 is 0.333 bits per heavy atom. The molecule has 0 aliphatic rings. The van der Waals surface area contributed by atoms with Crippen molar-refractivity contribution < 1.29 is 14.7 Å². The first-order valence-electron chi connectivity index (χ1n) is 34.4. The fourth-order valence-corrected chi connectivity index (χ4v) is 11.6. The molecule has 0 aromatic rings. The lowest BCUT2D eigenvalue weighted by molar-refractivity contribution is -0.137. The van der Waals surface area contributed by atoms with Gasteiger partial charge in [0.25, 0.3) is 0 Å². The highest BCUT2D eigenvalue weighted by Gasteiger charge is 2.34. The predicted octanol–water partition coefficient (Wildman–Crippen LogP) is 24.0. The molecule has 0 fully saturated rings. The molecule has 4 nitrogen and oxygen atoms in total. The Morgan fingerprint density at radius 2 is 0.587 bits per heavy atom. The second-order valence-electron chi connectivity index (χ2n) is 24.1. The van der Waals surface area contributed by atoms with Crippen molar-refractivity contribution in [2.45, 2.75) is 401 Å². The minimum atomic E-state index is -0.707. The van der Waals surface area contributed by atoms with E-state index in [1.807, 2.05) is 0 Å². The van der Waals surface area contributed by atoms with Crippen LogP contribution in [-0.2, 0) is 9.59 Å². The van der Waals surface area contributed by atoms with Crippen LogP contribution in [0.25, 0.3) is 0 Å². The van der Waals surface area contributed by atoms with Crippen molar-refractivity contribution in [3.05, 3.63) is 0 Å². The first-order chi connectivity index (χ1) is 36.9. The smallest absolute Gasteiger partial charge is 0.303 e. The van der Waals surface area contributed by atoms with Gasteiger partial charge in [0.05, 0.1) is 0 Å². The van der Waals surface area contributed by atoms with E-state index in [1.54, 1.807) is 4.90 Å². The largest absolute Gasteiger partial charge is 0.481 e. The number of hydrogen-bond donors (Lipinski definition) is 1. The lowest BCUT2D eigenvalue weighted by Crippen LogP contribution is -2.36. The van der Waals surface area contributed by atoms with E-state index in [4.69, 9.17) is 0 Å². The number of carbonyl (C=O) groups excluding carboxylic acids is 1. The van der Waals surface area contributed by atoms with Gasteiger partial charge < -0.3 is 5.11 Å². The van der Waals surface area contributed by atoms with Crippen molar-refractivity contribution in [1.29, 1.82) is 0 Å². The zero-order valence-electron chi connectivity index (χ0n) is 51.7. The summed E-state index contributed by atoms with van der Waals surface area (Å²) in [6, 6.07) is 6.81. The maximum atomic E-state index is 15.2. The molecule has 75 heavy (non-hydrogen) atoms. The van der Waals surface area contributed by atoms with Gasteiger partial charge in [-0.05, 0) is 43.9 Å². The standard InChI is InChI=1S/C71H133NO3/c1-6-10-14-18-22-26-30-33-36-39-43-47-53-59-65-72(66-60-54-48-44-40-37-34-31-27-23-19-15-11-7-2)71(75)69(63-57-51-52-58-64-70(73)74)68(67(5)61-55-49-45-41-29-25-21-17-13-9-4)62-56-50-46-42-38-35-32-28-24-20-16-12-8-3/h67-69H,6-58,61-64H2,1-5H3,(H,73,74). The maximum absolute atomic E-state index is 15.2. The van der Waals surface area contributed by atoms with Crippen LogP contribution in [0.3, 0.4) is 0 Å². The summed E-state index contributed by atoms with van der Waals surface area (Å²) in [6.07, 6.45) is 71.6. The number of carboxylic acids is 1. The molecule has 4 heteroatoms. The molecule has 0 rings (SSSR count). The van der Waals surface area contributed by atoms with Gasteiger partial charge in [0.2, 0.25) is 5.91 Å². The van der Waals surface area contributed by atoms with Crippen LogP contribution in [0.2, 0.25) is 0 Å². The Labute approximate surface area is 471 Å². The fourth-order valence-electron chi connectivity index (χ4n) is 11.6. The molecule has 1 N–H and O–H groups in total. The first kappa shape index (κ1) is 73.1. The quantitative estimate of drug-likeness (QED) is 0.0375.